The van der Waals surface area contributed by atoms with Crippen LogP contribution in [0.4, 0.5) is 11.4 Å². The Morgan fingerprint density at radius 3 is 2.56 bits per heavy atom. The van der Waals surface area contributed by atoms with Crippen molar-refractivity contribution < 1.29 is 9.59 Å². The second-order valence-corrected chi connectivity index (χ2v) is 8.48. The van der Waals surface area contributed by atoms with Crippen LogP contribution < -0.4 is 10.6 Å². The second kappa shape index (κ2) is 8.49. The summed E-state index contributed by atoms with van der Waals surface area (Å²) in [6.45, 7) is 0.702. The fourth-order valence-corrected chi connectivity index (χ4v) is 3.79. The van der Waals surface area contributed by atoms with Crippen molar-refractivity contribution in [2.45, 2.75) is 44.6 Å². The van der Waals surface area contributed by atoms with Crippen molar-refractivity contribution in [1.82, 2.24) is 30.0 Å². The summed E-state index contributed by atoms with van der Waals surface area (Å²) in [5, 5.41) is 10.3. The maximum atomic E-state index is 13.4. The van der Waals surface area contributed by atoms with Crippen molar-refractivity contribution in [3.8, 4) is 0 Å². The molecule has 2 N–H and O–H groups in total. The number of anilines is 2. The quantitative estimate of drug-likeness (QED) is 0.501. The molecular formula is C23H25N7O2. The second-order valence-electron chi connectivity index (χ2n) is 8.48. The molecule has 3 aromatic rings. The number of nitrogens with zero attached hydrogens (tertiary/aromatic N) is 5. The van der Waals surface area contributed by atoms with Gasteiger partial charge in [0.25, 0.3) is 5.91 Å². The van der Waals surface area contributed by atoms with Crippen LogP contribution in [0.3, 0.4) is 0 Å². The average Bonchev–Trinajstić information content (AvgIpc) is 3.73. The highest BCUT2D eigenvalue weighted by Gasteiger charge is 2.29. The number of nitrogens with one attached hydrogen (secondary N) is 2. The predicted molar refractivity (Wildman–Crippen MR) is 118 cm³/mol. The minimum Gasteiger partial charge on any atom is -0.354 e. The lowest BCUT2D eigenvalue weighted by atomic mass is 10.0. The molecule has 0 spiro atoms. The molecule has 2 fully saturated rings. The number of Topliss-reactive ketones (excluding diaryl/α,β-unsaturated/α-hetero) is 1. The molecule has 2 aliphatic carbocycles. The Morgan fingerprint density at radius 1 is 1.09 bits per heavy atom. The van der Waals surface area contributed by atoms with E-state index in [4.69, 9.17) is 4.98 Å². The number of hydrogen-bond acceptors (Lipinski definition) is 7. The monoisotopic (exact) mass is 431 g/mol. The number of rotatable bonds is 9. The van der Waals surface area contributed by atoms with Crippen molar-refractivity contribution in [3.05, 3.63) is 59.7 Å². The molecule has 0 atom stereocenters. The minimum atomic E-state index is -0.231. The van der Waals surface area contributed by atoms with Gasteiger partial charge in [0, 0.05) is 37.2 Å². The summed E-state index contributed by atoms with van der Waals surface area (Å²) in [5.41, 5.74) is 3.63. The molecule has 0 unspecified atom stereocenters. The molecule has 9 heteroatoms. The van der Waals surface area contributed by atoms with E-state index in [9.17, 15) is 9.59 Å². The third-order valence-corrected chi connectivity index (χ3v) is 5.85. The van der Waals surface area contributed by atoms with Crippen LogP contribution in [0.5, 0.6) is 0 Å². The molecule has 5 rings (SSSR count). The summed E-state index contributed by atoms with van der Waals surface area (Å²) in [5.74, 6) is 0.578. The van der Waals surface area contributed by atoms with Crippen molar-refractivity contribution in [2.75, 3.05) is 12.4 Å². The van der Waals surface area contributed by atoms with Crippen LogP contribution in [0.1, 0.15) is 63.8 Å². The van der Waals surface area contributed by atoms with E-state index >= 15 is 0 Å². The molecular weight excluding hydrogens is 406 g/mol. The van der Waals surface area contributed by atoms with E-state index in [-0.39, 0.29) is 18.1 Å². The van der Waals surface area contributed by atoms with Gasteiger partial charge in [0.2, 0.25) is 0 Å². The topological polar surface area (TPSA) is 115 Å². The number of carbonyl (C=O) groups is 2. The van der Waals surface area contributed by atoms with E-state index in [0.717, 1.165) is 31.4 Å². The fraction of sp³-hybridized carbons (Fsp3) is 0.391. The summed E-state index contributed by atoms with van der Waals surface area (Å²) < 4.78 is 1.73. The van der Waals surface area contributed by atoms with E-state index in [1.54, 1.807) is 30.3 Å². The first-order valence-electron chi connectivity index (χ1n) is 11.0. The number of amides is 1. The third-order valence-electron chi connectivity index (χ3n) is 5.85. The molecule has 0 aliphatic heterocycles. The summed E-state index contributed by atoms with van der Waals surface area (Å²) in [4.78, 5) is 38.7. The summed E-state index contributed by atoms with van der Waals surface area (Å²) in [6, 6.07) is 3.85. The molecule has 3 heterocycles. The zero-order chi connectivity index (χ0) is 22.1. The lowest BCUT2D eigenvalue weighted by Gasteiger charge is -2.12. The van der Waals surface area contributed by atoms with Gasteiger partial charge in [-0.15, -0.1) is 0 Å². The largest absolute Gasteiger partial charge is 0.354 e. The summed E-state index contributed by atoms with van der Waals surface area (Å²) in [7, 11) is 1.59. The Kier molecular flexibility index (Phi) is 5.38. The van der Waals surface area contributed by atoms with Crippen LogP contribution in [-0.4, -0.2) is 43.5 Å². The Bertz CT molecular complexity index is 1150. The predicted octanol–water partition coefficient (Wildman–Crippen LogP) is 2.88. The number of aromatic nitrogens is 5. The van der Waals surface area contributed by atoms with E-state index in [0.29, 0.717) is 46.7 Å². The van der Waals surface area contributed by atoms with Gasteiger partial charge in [0.15, 0.2) is 5.78 Å². The molecule has 2 aliphatic rings. The van der Waals surface area contributed by atoms with Gasteiger partial charge in [0.1, 0.15) is 17.7 Å². The lowest BCUT2D eigenvalue weighted by molar-refractivity contribution is 0.0950. The maximum absolute atomic E-state index is 13.4. The molecule has 0 radical (unpaired) electrons. The Balaban J connectivity index is 1.45. The summed E-state index contributed by atoms with van der Waals surface area (Å²) in [6.07, 6.45) is 10.9. The van der Waals surface area contributed by atoms with Gasteiger partial charge in [0.05, 0.1) is 30.0 Å². The Morgan fingerprint density at radius 2 is 1.88 bits per heavy atom. The van der Waals surface area contributed by atoms with E-state index in [2.05, 4.69) is 25.7 Å². The van der Waals surface area contributed by atoms with Crippen molar-refractivity contribution in [2.24, 2.45) is 5.92 Å². The zero-order valence-electron chi connectivity index (χ0n) is 17.9. The number of ketones is 1. The highest BCUT2D eigenvalue weighted by Crippen LogP contribution is 2.40. The average molecular weight is 432 g/mol. The standard InChI is InChI=1S/C23H25N7O2/c1-24-23(32)22-16(9-27-30(22)12-14-2-3-14)8-20(31)21-19(28-17-10-25-13-26-11-17)7-6-18(29-21)15-4-5-15/h6-7,9-11,13-15,28H,2-5,8,12H2,1H3,(H,24,32). The van der Waals surface area contributed by atoms with Crippen LogP contribution in [0.2, 0.25) is 0 Å². The minimum absolute atomic E-state index is 0.0501. The fourth-order valence-electron chi connectivity index (χ4n) is 3.79. The first-order chi connectivity index (χ1) is 15.6. The van der Waals surface area contributed by atoms with Gasteiger partial charge < -0.3 is 10.6 Å². The highest BCUT2D eigenvalue weighted by atomic mass is 16.2. The summed E-state index contributed by atoms with van der Waals surface area (Å²) >= 11 is 0. The molecule has 0 saturated heterocycles. The van der Waals surface area contributed by atoms with Gasteiger partial charge >= 0.3 is 0 Å². The number of pyridine rings is 1. The van der Waals surface area contributed by atoms with Crippen LogP contribution >= 0.6 is 0 Å². The van der Waals surface area contributed by atoms with E-state index in [1.807, 2.05) is 12.1 Å². The zero-order valence-corrected chi connectivity index (χ0v) is 17.9. The normalized spacial score (nSPS) is 15.4. The number of hydrogen-bond donors (Lipinski definition) is 2. The van der Waals surface area contributed by atoms with Crippen molar-refractivity contribution in [3.63, 3.8) is 0 Å². The highest BCUT2D eigenvalue weighted by molar-refractivity contribution is 6.03. The molecule has 9 nitrogen and oxygen atoms in total. The van der Waals surface area contributed by atoms with Crippen molar-refractivity contribution >= 4 is 23.1 Å². The lowest BCUT2D eigenvalue weighted by Crippen LogP contribution is -2.24. The van der Waals surface area contributed by atoms with Crippen LogP contribution in [0.15, 0.2) is 37.1 Å². The molecule has 1 amide bonds. The van der Waals surface area contributed by atoms with Crippen LogP contribution in [0, 0.1) is 5.92 Å². The first-order valence-corrected chi connectivity index (χ1v) is 11.0. The number of carbonyl (C=O) groups excluding carboxylic acids is 2. The van der Waals surface area contributed by atoms with Gasteiger partial charge in [-0.05, 0) is 43.7 Å². The van der Waals surface area contributed by atoms with Crippen molar-refractivity contribution in [1.29, 1.82) is 0 Å². The Labute approximate surface area is 185 Å². The van der Waals surface area contributed by atoms with Gasteiger partial charge in [-0.25, -0.2) is 15.0 Å². The van der Waals surface area contributed by atoms with Crippen LogP contribution in [0.25, 0.3) is 0 Å². The molecule has 32 heavy (non-hydrogen) atoms. The van der Waals surface area contributed by atoms with Gasteiger partial charge in [-0.2, -0.15) is 5.10 Å². The molecule has 3 aromatic heterocycles. The molecule has 0 aromatic carbocycles. The smallest absolute Gasteiger partial charge is 0.269 e. The Hall–Kier alpha value is -3.62. The molecule has 0 bridgehead atoms. The molecule has 164 valence electrons. The maximum Gasteiger partial charge on any atom is 0.269 e. The third kappa shape index (κ3) is 4.37. The first kappa shape index (κ1) is 20.3. The van der Waals surface area contributed by atoms with Gasteiger partial charge in [-0.3, -0.25) is 14.3 Å². The molecule has 2 saturated carbocycles. The SMILES string of the molecule is CNC(=O)c1c(CC(=O)c2nc(C3CC3)ccc2Nc2cncnc2)cnn1CC1CC1. The van der Waals surface area contributed by atoms with E-state index in [1.165, 1.54) is 6.33 Å². The van der Waals surface area contributed by atoms with E-state index < -0.39 is 0 Å². The van der Waals surface area contributed by atoms with Crippen LogP contribution in [-0.2, 0) is 13.0 Å². The van der Waals surface area contributed by atoms with Gasteiger partial charge in [-0.1, -0.05) is 0 Å².